The number of carbonyl (C=O) groups is 2. The predicted octanol–water partition coefficient (Wildman–Crippen LogP) is 1.28. The molecule has 0 bridgehead atoms. The molecule has 144 valence electrons. The van der Waals surface area contributed by atoms with Crippen LogP contribution in [0.1, 0.15) is 11.6 Å². The summed E-state index contributed by atoms with van der Waals surface area (Å²) in [5, 5.41) is 2.58. The predicted molar refractivity (Wildman–Crippen MR) is 83.9 cm³/mol. The standard InChI is InChI=1S/C16H19F3N2O5/c1-21(8-16(17,18)19)15(23)14-13(20-12(22)7-26-14)9-4-5-10(24-2)11(6-9)25-3/h4-6,13-14H,7-8H2,1-3H3,(H,20,22)/t13-,14+/m1/s1. The van der Waals surface area contributed by atoms with Gasteiger partial charge in [-0.1, -0.05) is 6.07 Å². The summed E-state index contributed by atoms with van der Waals surface area (Å²) in [6.45, 7) is -1.83. The van der Waals surface area contributed by atoms with E-state index < -0.39 is 43.3 Å². The molecule has 2 atom stereocenters. The van der Waals surface area contributed by atoms with Crippen LogP contribution in [0.2, 0.25) is 0 Å². The Balaban J connectivity index is 2.30. The van der Waals surface area contributed by atoms with Gasteiger partial charge in [-0.15, -0.1) is 0 Å². The summed E-state index contributed by atoms with van der Waals surface area (Å²) in [7, 11) is 3.89. The highest BCUT2D eigenvalue weighted by Gasteiger charge is 2.40. The maximum atomic E-state index is 12.6. The van der Waals surface area contributed by atoms with Crippen LogP contribution < -0.4 is 14.8 Å². The van der Waals surface area contributed by atoms with E-state index in [9.17, 15) is 22.8 Å². The second-order valence-electron chi connectivity index (χ2n) is 5.70. The molecule has 1 heterocycles. The number of benzene rings is 1. The average Bonchev–Trinajstić information content (AvgIpc) is 2.58. The van der Waals surface area contributed by atoms with Crippen LogP contribution in [-0.2, 0) is 14.3 Å². The van der Waals surface area contributed by atoms with Crippen molar-refractivity contribution in [1.29, 1.82) is 0 Å². The van der Waals surface area contributed by atoms with Gasteiger partial charge in [-0.25, -0.2) is 0 Å². The van der Waals surface area contributed by atoms with Crippen molar-refractivity contribution in [3.63, 3.8) is 0 Å². The lowest BCUT2D eigenvalue weighted by Crippen LogP contribution is -2.53. The number of morpholine rings is 1. The van der Waals surface area contributed by atoms with Crippen molar-refractivity contribution in [3.05, 3.63) is 23.8 Å². The molecule has 26 heavy (non-hydrogen) atoms. The van der Waals surface area contributed by atoms with Crippen LogP contribution >= 0.6 is 0 Å². The molecule has 1 aromatic rings. The minimum absolute atomic E-state index is 0.347. The molecule has 0 saturated carbocycles. The number of carbonyl (C=O) groups excluding carboxylic acids is 2. The van der Waals surface area contributed by atoms with E-state index in [-0.39, 0.29) is 0 Å². The van der Waals surface area contributed by atoms with Crippen molar-refractivity contribution in [1.82, 2.24) is 10.2 Å². The van der Waals surface area contributed by atoms with E-state index in [0.717, 1.165) is 7.05 Å². The molecule has 1 aliphatic heterocycles. The second kappa shape index (κ2) is 7.81. The Kier molecular flexibility index (Phi) is 5.96. The number of hydrogen-bond acceptors (Lipinski definition) is 5. The minimum atomic E-state index is -4.54. The van der Waals surface area contributed by atoms with Gasteiger partial charge in [0, 0.05) is 7.05 Å². The molecule has 1 aliphatic rings. The Morgan fingerprint density at radius 1 is 1.31 bits per heavy atom. The smallest absolute Gasteiger partial charge is 0.406 e. The van der Waals surface area contributed by atoms with Crippen LogP contribution in [0.3, 0.4) is 0 Å². The van der Waals surface area contributed by atoms with E-state index in [4.69, 9.17) is 14.2 Å². The molecule has 0 unspecified atom stereocenters. The molecule has 1 N–H and O–H groups in total. The first kappa shape index (κ1) is 19.8. The summed E-state index contributed by atoms with van der Waals surface area (Å²) in [5.41, 5.74) is 0.439. The van der Waals surface area contributed by atoms with E-state index in [1.807, 2.05) is 0 Å². The minimum Gasteiger partial charge on any atom is -0.493 e. The van der Waals surface area contributed by atoms with Crippen molar-refractivity contribution < 1.29 is 37.0 Å². The van der Waals surface area contributed by atoms with Gasteiger partial charge in [0.05, 0.1) is 20.3 Å². The molecule has 1 aromatic carbocycles. The van der Waals surface area contributed by atoms with Crippen molar-refractivity contribution in [3.8, 4) is 11.5 Å². The van der Waals surface area contributed by atoms with Gasteiger partial charge in [0.2, 0.25) is 5.91 Å². The number of nitrogens with zero attached hydrogens (tertiary/aromatic N) is 1. The highest BCUT2D eigenvalue weighted by molar-refractivity contribution is 5.86. The Hall–Kier alpha value is -2.49. The first-order chi connectivity index (χ1) is 12.2. The van der Waals surface area contributed by atoms with E-state index in [1.54, 1.807) is 12.1 Å². The molecule has 0 aromatic heterocycles. The van der Waals surface area contributed by atoms with E-state index >= 15 is 0 Å². The molecule has 0 spiro atoms. The number of halogens is 3. The Labute approximate surface area is 148 Å². The summed E-state index contributed by atoms with van der Waals surface area (Å²) in [6, 6.07) is 3.71. The molecule has 0 aliphatic carbocycles. The van der Waals surface area contributed by atoms with Gasteiger partial charge < -0.3 is 24.4 Å². The molecule has 2 amide bonds. The SMILES string of the molecule is COc1ccc([C@H]2NC(=O)CO[C@@H]2C(=O)N(C)CC(F)(F)F)cc1OC. The van der Waals surface area contributed by atoms with Crippen LogP contribution in [0, 0.1) is 0 Å². The third-order valence-electron chi connectivity index (χ3n) is 3.82. The molecular weight excluding hydrogens is 357 g/mol. The number of amides is 2. The van der Waals surface area contributed by atoms with Gasteiger partial charge in [-0.3, -0.25) is 9.59 Å². The number of ether oxygens (including phenoxy) is 3. The summed E-state index contributed by atoms with van der Waals surface area (Å²) in [5.74, 6) is -0.592. The normalized spacial score (nSPS) is 20.3. The van der Waals surface area contributed by atoms with Crippen LogP contribution in [0.4, 0.5) is 13.2 Å². The molecule has 1 fully saturated rings. The molecular formula is C16H19F3N2O5. The maximum Gasteiger partial charge on any atom is 0.406 e. The highest BCUT2D eigenvalue weighted by Crippen LogP contribution is 2.33. The fraction of sp³-hybridized carbons (Fsp3) is 0.500. The van der Waals surface area contributed by atoms with Gasteiger partial charge in [0.15, 0.2) is 17.6 Å². The fourth-order valence-electron chi connectivity index (χ4n) is 2.63. The lowest BCUT2D eigenvalue weighted by molar-refractivity contribution is -0.170. The van der Waals surface area contributed by atoms with Crippen LogP contribution in [0.5, 0.6) is 11.5 Å². The van der Waals surface area contributed by atoms with Gasteiger partial charge in [0.1, 0.15) is 13.2 Å². The van der Waals surface area contributed by atoms with Gasteiger partial charge in [-0.2, -0.15) is 13.2 Å². The van der Waals surface area contributed by atoms with Gasteiger partial charge in [-0.05, 0) is 17.7 Å². The van der Waals surface area contributed by atoms with Crippen molar-refractivity contribution in [2.24, 2.45) is 0 Å². The first-order valence-corrected chi connectivity index (χ1v) is 7.61. The van der Waals surface area contributed by atoms with Gasteiger partial charge >= 0.3 is 6.18 Å². The number of methoxy groups -OCH3 is 2. The van der Waals surface area contributed by atoms with Gasteiger partial charge in [0.25, 0.3) is 5.91 Å². The Bertz CT molecular complexity index is 680. The largest absolute Gasteiger partial charge is 0.493 e. The molecule has 10 heteroatoms. The quantitative estimate of drug-likeness (QED) is 0.838. The van der Waals surface area contributed by atoms with Crippen LogP contribution in [0.15, 0.2) is 18.2 Å². The van der Waals surface area contributed by atoms with Crippen LogP contribution in [0.25, 0.3) is 0 Å². The summed E-state index contributed by atoms with van der Waals surface area (Å²) in [6.07, 6.45) is -5.83. The molecule has 7 nitrogen and oxygen atoms in total. The fourth-order valence-corrected chi connectivity index (χ4v) is 2.63. The maximum absolute atomic E-state index is 12.6. The summed E-state index contributed by atoms with van der Waals surface area (Å²) < 4.78 is 53.2. The zero-order valence-electron chi connectivity index (χ0n) is 14.4. The van der Waals surface area contributed by atoms with Crippen molar-refractivity contribution >= 4 is 11.8 Å². The number of alkyl halides is 3. The zero-order valence-corrected chi connectivity index (χ0v) is 14.4. The molecule has 0 radical (unpaired) electrons. The lowest BCUT2D eigenvalue weighted by Gasteiger charge is -2.34. The highest BCUT2D eigenvalue weighted by atomic mass is 19.4. The molecule has 2 rings (SSSR count). The van der Waals surface area contributed by atoms with Crippen molar-refractivity contribution in [2.45, 2.75) is 18.3 Å². The monoisotopic (exact) mass is 376 g/mol. The Morgan fingerprint density at radius 3 is 2.54 bits per heavy atom. The number of nitrogens with one attached hydrogen (secondary N) is 1. The third-order valence-corrected chi connectivity index (χ3v) is 3.82. The van der Waals surface area contributed by atoms with E-state index in [0.29, 0.717) is 22.0 Å². The number of hydrogen-bond donors (Lipinski definition) is 1. The Morgan fingerprint density at radius 2 is 1.96 bits per heavy atom. The lowest BCUT2D eigenvalue weighted by atomic mass is 9.98. The third kappa shape index (κ3) is 4.57. The first-order valence-electron chi connectivity index (χ1n) is 7.61. The van der Waals surface area contributed by atoms with Crippen LogP contribution in [-0.4, -0.2) is 63.4 Å². The van der Waals surface area contributed by atoms with E-state index in [2.05, 4.69) is 5.32 Å². The topological polar surface area (TPSA) is 77.1 Å². The second-order valence-corrected chi connectivity index (χ2v) is 5.70. The number of likely N-dealkylation sites (N-methyl/N-ethyl adjacent to an activating group) is 1. The summed E-state index contributed by atoms with van der Waals surface area (Å²) in [4.78, 5) is 24.7. The summed E-state index contributed by atoms with van der Waals surface area (Å²) >= 11 is 0. The van der Waals surface area contributed by atoms with E-state index in [1.165, 1.54) is 20.3 Å². The van der Waals surface area contributed by atoms with Crippen molar-refractivity contribution in [2.75, 3.05) is 34.4 Å². The zero-order chi connectivity index (χ0) is 19.5. The number of rotatable bonds is 5. The average molecular weight is 376 g/mol. The molecule has 1 saturated heterocycles.